The van der Waals surface area contributed by atoms with Crippen LogP contribution in [0.4, 0.5) is 0 Å². The summed E-state index contributed by atoms with van der Waals surface area (Å²) in [7, 11) is -1.61. The number of carbonyl (C=O) groups is 2. The number of aliphatic hydroxyl groups is 1. The molecule has 0 aromatic heterocycles. The molecular weight excluding hydrogens is 210 g/mol. The second-order valence-corrected chi connectivity index (χ2v) is 4.68. The van der Waals surface area contributed by atoms with Gasteiger partial charge in [-0.05, 0) is 6.08 Å². The van der Waals surface area contributed by atoms with E-state index < -0.39 is 27.6 Å². The van der Waals surface area contributed by atoms with E-state index in [0.29, 0.717) is 0 Å². The maximum Gasteiger partial charge on any atom is 0.352 e. The molecule has 2 aliphatic rings. The number of amides is 1. The lowest BCUT2D eigenvalue weighted by Crippen LogP contribution is -2.59. The van der Waals surface area contributed by atoms with E-state index in [2.05, 4.69) is 0 Å². The highest BCUT2D eigenvalue weighted by atomic mass is 32.2. The van der Waals surface area contributed by atoms with E-state index >= 15 is 0 Å². The van der Waals surface area contributed by atoms with Crippen LogP contribution in [0.3, 0.4) is 0 Å². The molecule has 0 aromatic carbocycles. The highest BCUT2D eigenvalue weighted by Gasteiger charge is 2.49. The standard InChI is InChI=1S/C7H7NO5S/c9-4-2-5-8(4)3(7(11)12)1-6(10)14(5)13/h1,5-6,10H,2H2,(H,11,12)/t5-,6?,14?/m1/s1. The Balaban J connectivity index is 2.40. The number of aliphatic hydroxyl groups excluding tert-OH is 1. The van der Waals surface area contributed by atoms with Gasteiger partial charge in [-0.2, -0.15) is 0 Å². The first-order chi connectivity index (χ1) is 6.52. The normalized spacial score (nSPS) is 35.8. The second-order valence-electron chi connectivity index (χ2n) is 3.00. The molecule has 6 nitrogen and oxygen atoms in total. The zero-order chi connectivity index (χ0) is 10.5. The first-order valence-electron chi connectivity index (χ1n) is 3.87. The zero-order valence-corrected chi connectivity index (χ0v) is 7.73. The van der Waals surface area contributed by atoms with Gasteiger partial charge in [0.25, 0.3) is 0 Å². The molecule has 2 aliphatic heterocycles. The maximum absolute atomic E-state index is 11.3. The van der Waals surface area contributed by atoms with Crippen molar-refractivity contribution < 1.29 is 24.0 Å². The van der Waals surface area contributed by atoms with Crippen molar-refractivity contribution in [3.8, 4) is 0 Å². The minimum atomic E-state index is -1.61. The fraction of sp³-hybridized carbons (Fsp3) is 0.429. The topological polar surface area (TPSA) is 94.9 Å². The number of carboxylic acid groups (broad SMARTS) is 1. The van der Waals surface area contributed by atoms with E-state index in [1.165, 1.54) is 0 Å². The van der Waals surface area contributed by atoms with Crippen LogP contribution < -0.4 is 0 Å². The van der Waals surface area contributed by atoms with Gasteiger partial charge in [0.1, 0.15) is 11.1 Å². The first kappa shape index (κ1) is 9.35. The molecule has 0 radical (unpaired) electrons. The third-order valence-electron chi connectivity index (χ3n) is 2.19. The molecule has 0 aromatic rings. The van der Waals surface area contributed by atoms with Gasteiger partial charge in [-0.1, -0.05) is 0 Å². The molecule has 2 N–H and O–H groups in total. The monoisotopic (exact) mass is 217 g/mol. The zero-order valence-electron chi connectivity index (χ0n) is 6.91. The molecule has 14 heavy (non-hydrogen) atoms. The van der Waals surface area contributed by atoms with Crippen molar-refractivity contribution in [2.75, 3.05) is 0 Å². The van der Waals surface area contributed by atoms with Crippen LogP contribution in [0.15, 0.2) is 11.8 Å². The van der Waals surface area contributed by atoms with Gasteiger partial charge in [0.05, 0.1) is 17.2 Å². The van der Waals surface area contributed by atoms with Crippen LogP contribution >= 0.6 is 0 Å². The predicted octanol–water partition coefficient (Wildman–Crippen LogP) is -1.41. The van der Waals surface area contributed by atoms with Crippen LogP contribution in [0, 0.1) is 0 Å². The van der Waals surface area contributed by atoms with Crippen molar-refractivity contribution in [2.24, 2.45) is 0 Å². The number of carbonyl (C=O) groups excluding carboxylic acids is 1. The highest BCUT2D eigenvalue weighted by molar-refractivity contribution is 7.86. The van der Waals surface area contributed by atoms with E-state index in [-0.39, 0.29) is 18.0 Å². The summed E-state index contributed by atoms with van der Waals surface area (Å²) in [5.41, 5.74) is -1.58. The quantitative estimate of drug-likeness (QED) is 0.526. The Morgan fingerprint density at radius 1 is 1.64 bits per heavy atom. The number of hydrogen-bond donors (Lipinski definition) is 2. The van der Waals surface area contributed by atoms with Crippen molar-refractivity contribution >= 4 is 22.7 Å². The molecule has 2 rings (SSSR count). The number of aliphatic carboxylic acids is 1. The Kier molecular flexibility index (Phi) is 1.93. The lowest BCUT2D eigenvalue weighted by molar-refractivity contribution is -0.146. The predicted molar refractivity (Wildman–Crippen MR) is 45.1 cm³/mol. The molecular formula is C7H7NO5S. The van der Waals surface area contributed by atoms with E-state index in [4.69, 9.17) is 5.11 Å². The fourth-order valence-electron chi connectivity index (χ4n) is 1.48. The van der Waals surface area contributed by atoms with E-state index in [0.717, 1.165) is 11.0 Å². The lowest BCUT2D eigenvalue weighted by Gasteiger charge is -2.42. The molecule has 2 unspecified atom stereocenters. The number of β-lactam (4-membered cyclic amide) rings is 1. The van der Waals surface area contributed by atoms with Crippen LogP contribution in [-0.4, -0.2) is 42.0 Å². The van der Waals surface area contributed by atoms with Crippen LogP contribution in [0.1, 0.15) is 6.42 Å². The first-order valence-corrected chi connectivity index (χ1v) is 5.14. The number of hydrogen-bond acceptors (Lipinski definition) is 4. The van der Waals surface area contributed by atoms with Gasteiger partial charge in [-0.3, -0.25) is 13.9 Å². The Morgan fingerprint density at radius 3 is 2.79 bits per heavy atom. The van der Waals surface area contributed by atoms with E-state index in [1.54, 1.807) is 0 Å². The van der Waals surface area contributed by atoms with Gasteiger partial charge < -0.3 is 10.2 Å². The average molecular weight is 217 g/mol. The van der Waals surface area contributed by atoms with Crippen molar-refractivity contribution in [2.45, 2.75) is 17.2 Å². The lowest BCUT2D eigenvalue weighted by atomic mass is 10.1. The van der Waals surface area contributed by atoms with Gasteiger partial charge in [-0.25, -0.2) is 4.79 Å². The van der Waals surface area contributed by atoms with Gasteiger partial charge in [0.2, 0.25) is 5.91 Å². The largest absolute Gasteiger partial charge is 0.477 e. The second kappa shape index (κ2) is 2.89. The molecule has 1 saturated heterocycles. The van der Waals surface area contributed by atoms with Crippen molar-refractivity contribution in [3.63, 3.8) is 0 Å². The van der Waals surface area contributed by atoms with Crippen molar-refractivity contribution in [1.82, 2.24) is 4.90 Å². The SMILES string of the molecule is O=C(O)C1=CC(O)S(=O)[C@@H]2CC(=O)N12. The van der Waals surface area contributed by atoms with Gasteiger partial charge in [0.15, 0.2) is 5.44 Å². The van der Waals surface area contributed by atoms with Gasteiger partial charge in [-0.15, -0.1) is 0 Å². The number of carboxylic acids is 1. The third-order valence-corrected chi connectivity index (χ3v) is 3.72. The van der Waals surface area contributed by atoms with Crippen molar-refractivity contribution in [3.05, 3.63) is 11.8 Å². The summed E-state index contributed by atoms with van der Waals surface area (Å²) in [6, 6.07) is 0. The summed E-state index contributed by atoms with van der Waals surface area (Å²) in [4.78, 5) is 22.7. The molecule has 3 atom stereocenters. The third kappa shape index (κ3) is 1.09. The summed E-state index contributed by atoms with van der Waals surface area (Å²) < 4.78 is 11.3. The van der Waals surface area contributed by atoms with Crippen LogP contribution in [0.2, 0.25) is 0 Å². The molecule has 0 aliphatic carbocycles. The van der Waals surface area contributed by atoms with Gasteiger partial charge >= 0.3 is 5.97 Å². The Morgan fingerprint density at radius 2 is 2.29 bits per heavy atom. The summed E-state index contributed by atoms with van der Waals surface area (Å²) in [5.74, 6) is -1.66. The summed E-state index contributed by atoms with van der Waals surface area (Å²) in [6.45, 7) is 0. The summed E-state index contributed by atoms with van der Waals surface area (Å²) in [5, 5.41) is 17.3. The van der Waals surface area contributed by atoms with E-state index in [9.17, 15) is 18.9 Å². The van der Waals surface area contributed by atoms with Crippen LogP contribution in [0.5, 0.6) is 0 Å². The molecule has 76 valence electrons. The number of fused-ring (bicyclic) bond motifs is 1. The minimum Gasteiger partial charge on any atom is -0.477 e. The Bertz CT molecular complexity index is 376. The summed E-state index contributed by atoms with van der Waals surface area (Å²) in [6.07, 6.45) is 0.973. The fourth-order valence-corrected chi connectivity index (χ4v) is 2.81. The Hall–Kier alpha value is -1.21. The number of nitrogens with zero attached hydrogens (tertiary/aromatic N) is 1. The molecule has 0 spiro atoms. The van der Waals surface area contributed by atoms with Crippen LogP contribution in [-0.2, 0) is 20.4 Å². The highest BCUT2D eigenvalue weighted by Crippen LogP contribution is 2.32. The molecule has 0 bridgehead atoms. The smallest absolute Gasteiger partial charge is 0.352 e. The van der Waals surface area contributed by atoms with Gasteiger partial charge in [0, 0.05) is 0 Å². The average Bonchev–Trinajstić information content (AvgIpc) is 2.09. The van der Waals surface area contributed by atoms with E-state index in [1.807, 2.05) is 0 Å². The molecule has 7 heteroatoms. The minimum absolute atomic E-state index is 0.0360. The number of rotatable bonds is 1. The Labute approximate surface area is 81.3 Å². The summed E-state index contributed by atoms with van der Waals surface area (Å²) >= 11 is 0. The maximum atomic E-state index is 11.3. The molecule has 0 saturated carbocycles. The van der Waals surface area contributed by atoms with Crippen molar-refractivity contribution in [1.29, 1.82) is 0 Å². The van der Waals surface area contributed by atoms with Crippen LogP contribution in [0.25, 0.3) is 0 Å². The molecule has 2 heterocycles. The molecule has 1 amide bonds. The molecule has 1 fully saturated rings.